The minimum absolute atomic E-state index is 0.00306. The maximum Gasteiger partial charge on any atom is 0.407 e. The summed E-state index contributed by atoms with van der Waals surface area (Å²) in [5.41, 5.74) is -0.476. The third-order valence-corrected chi connectivity index (χ3v) is 5.53. The third-order valence-electron chi connectivity index (χ3n) is 4.93. The van der Waals surface area contributed by atoms with Crippen molar-refractivity contribution in [2.75, 3.05) is 78.9 Å². The Morgan fingerprint density at radius 1 is 0.743 bits per heavy atom. The molecule has 0 aliphatic heterocycles. The highest BCUT2D eigenvalue weighted by atomic mass is 32.2. The number of ether oxygens (including phenoxy) is 6. The number of amides is 1. The molecule has 1 fully saturated rings. The van der Waals surface area contributed by atoms with Crippen LogP contribution in [-0.4, -0.2) is 105 Å². The Hall–Kier alpha value is -1.02. The summed E-state index contributed by atoms with van der Waals surface area (Å²) in [6.45, 7) is 10.2. The molecule has 12 heteroatoms. The van der Waals surface area contributed by atoms with Crippen LogP contribution in [0.25, 0.3) is 0 Å². The molecule has 0 bridgehead atoms. The van der Waals surface area contributed by atoms with Crippen LogP contribution in [0.2, 0.25) is 0 Å². The van der Waals surface area contributed by atoms with Crippen LogP contribution < -0.4 is 5.32 Å². The van der Waals surface area contributed by atoms with Crippen LogP contribution in [0.3, 0.4) is 0 Å². The molecule has 11 nitrogen and oxygen atoms in total. The minimum Gasteiger partial charge on any atom is -0.444 e. The molecular weight excluding hydrogens is 482 g/mol. The van der Waals surface area contributed by atoms with Crippen molar-refractivity contribution in [3.63, 3.8) is 0 Å². The maximum absolute atomic E-state index is 11.9. The first-order valence-corrected chi connectivity index (χ1v) is 14.1. The number of carbonyl (C=O) groups excluding carboxylic acids is 1. The van der Waals surface area contributed by atoms with Crippen LogP contribution in [0.15, 0.2) is 0 Å². The van der Waals surface area contributed by atoms with Gasteiger partial charge in [-0.3, -0.25) is 4.18 Å². The van der Waals surface area contributed by atoms with Crippen molar-refractivity contribution < 1.29 is 45.8 Å². The summed E-state index contributed by atoms with van der Waals surface area (Å²) in [5.74, 6) is 0.515. The summed E-state index contributed by atoms with van der Waals surface area (Å²) in [4.78, 5) is 11.9. The fourth-order valence-corrected chi connectivity index (χ4v) is 3.69. The van der Waals surface area contributed by atoms with Gasteiger partial charge in [0.2, 0.25) is 0 Å². The number of nitrogens with one attached hydrogen (secondary N) is 1. The molecule has 1 amide bonds. The number of rotatable bonds is 19. The highest BCUT2D eigenvalue weighted by molar-refractivity contribution is 7.85. The Morgan fingerprint density at radius 2 is 1.17 bits per heavy atom. The standard InChI is InChI=1S/C23H45NO10S/c1-23(2,3)34-22(25)24-21-7-5-20(6-8-21)19-32-16-15-30-12-11-28-9-10-29-13-14-31-17-18-33-35(4,26)27/h20-21H,5-19H2,1-4H3,(H,24,25)/t20-,21-. The van der Waals surface area contributed by atoms with E-state index in [0.717, 1.165) is 31.9 Å². The minimum atomic E-state index is -3.42. The molecule has 208 valence electrons. The van der Waals surface area contributed by atoms with Crippen LogP contribution in [0, 0.1) is 5.92 Å². The Balaban J connectivity index is 1.81. The van der Waals surface area contributed by atoms with Crippen LogP contribution in [0.5, 0.6) is 0 Å². The predicted molar refractivity (Wildman–Crippen MR) is 130 cm³/mol. The zero-order valence-electron chi connectivity index (χ0n) is 21.8. The fourth-order valence-electron chi connectivity index (χ4n) is 3.32. The quantitative estimate of drug-likeness (QED) is 0.197. The molecule has 0 atom stereocenters. The SMILES string of the molecule is CC(C)(C)OC(=O)N[C@H]1CC[C@H](COCCOCCOCCOCCOCCOS(C)(=O)=O)CC1. The van der Waals surface area contributed by atoms with Crippen LogP contribution in [0.4, 0.5) is 4.79 Å². The molecule has 0 aromatic heterocycles. The van der Waals surface area contributed by atoms with E-state index < -0.39 is 15.7 Å². The van der Waals surface area contributed by atoms with Gasteiger partial charge in [-0.25, -0.2) is 4.79 Å². The van der Waals surface area contributed by atoms with Gasteiger partial charge in [-0.1, -0.05) is 0 Å². The topological polar surface area (TPSA) is 128 Å². The van der Waals surface area contributed by atoms with E-state index in [-0.39, 0.29) is 25.3 Å². The van der Waals surface area contributed by atoms with Gasteiger partial charge in [0.1, 0.15) is 5.60 Å². The fraction of sp³-hybridized carbons (Fsp3) is 0.957. The molecule has 0 aromatic carbocycles. The smallest absolute Gasteiger partial charge is 0.407 e. The van der Waals surface area contributed by atoms with Gasteiger partial charge < -0.3 is 33.7 Å². The van der Waals surface area contributed by atoms with Crippen molar-refractivity contribution in [1.29, 1.82) is 0 Å². The summed E-state index contributed by atoms with van der Waals surface area (Å²) in [7, 11) is -3.42. The van der Waals surface area contributed by atoms with E-state index in [1.807, 2.05) is 20.8 Å². The summed E-state index contributed by atoms with van der Waals surface area (Å²) < 4.78 is 58.6. The molecule has 0 radical (unpaired) electrons. The average Bonchev–Trinajstić information content (AvgIpc) is 2.75. The number of hydrogen-bond acceptors (Lipinski definition) is 10. The molecule has 1 saturated carbocycles. The largest absolute Gasteiger partial charge is 0.444 e. The summed E-state index contributed by atoms with van der Waals surface area (Å²) in [6, 6.07) is 0.178. The maximum atomic E-state index is 11.9. The van der Waals surface area contributed by atoms with Gasteiger partial charge in [-0.15, -0.1) is 0 Å². The van der Waals surface area contributed by atoms with E-state index in [2.05, 4.69) is 9.50 Å². The first-order valence-electron chi connectivity index (χ1n) is 12.3. The van der Waals surface area contributed by atoms with Crippen molar-refractivity contribution >= 4 is 16.2 Å². The Morgan fingerprint density at radius 3 is 1.60 bits per heavy atom. The van der Waals surface area contributed by atoms with E-state index in [0.29, 0.717) is 65.4 Å². The molecule has 1 N–H and O–H groups in total. The van der Waals surface area contributed by atoms with Crippen LogP contribution >= 0.6 is 0 Å². The van der Waals surface area contributed by atoms with Gasteiger partial charge in [0, 0.05) is 12.6 Å². The van der Waals surface area contributed by atoms with Gasteiger partial charge in [0.15, 0.2) is 0 Å². The number of carbonyl (C=O) groups is 1. The van der Waals surface area contributed by atoms with Gasteiger partial charge >= 0.3 is 6.09 Å². The number of alkyl carbamates (subject to hydrolysis) is 1. The van der Waals surface area contributed by atoms with E-state index in [9.17, 15) is 13.2 Å². The molecular formula is C23H45NO10S. The normalized spacial score (nSPS) is 19.0. The second-order valence-electron chi connectivity index (χ2n) is 9.41. The lowest BCUT2D eigenvalue weighted by Gasteiger charge is -2.30. The molecule has 1 aliphatic carbocycles. The monoisotopic (exact) mass is 527 g/mol. The van der Waals surface area contributed by atoms with E-state index in [1.165, 1.54) is 0 Å². The highest BCUT2D eigenvalue weighted by Gasteiger charge is 2.24. The Labute approximate surface area is 210 Å². The van der Waals surface area contributed by atoms with E-state index >= 15 is 0 Å². The van der Waals surface area contributed by atoms with Crippen molar-refractivity contribution in [3.05, 3.63) is 0 Å². The average molecular weight is 528 g/mol. The van der Waals surface area contributed by atoms with Gasteiger partial charge in [-0.2, -0.15) is 8.42 Å². The molecule has 0 saturated heterocycles. The summed E-state index contributed by atoms with van der Waals surface area (Å²) in [6.07, 6.45) is 4.60. The lowest BCUT2D eigenvalue weighted by molar-refractivity contribution is -0.0161. The Bertz CT molecular complexity index is 645. The van der Waals surface area contributed by atoms with Crippen molar-refractivity contribution in [2.24, 2.45) is 5.92 Å². The number of hydrogen-bond donors (Lipinski definition) is 1. The molecule has 0 unspecified atom stereocenters. The third kappa shape index (κ3) is 20.8. The van der Waals surface area contributed by atoms with Crippen LogP contribution in [-0.2, 0) is 42.7 Å². The molecule has 1 aliphatic rings. The second kappa shape index (κ2) is 18.3. The summed E-state index contributed by atoms with van der Waals surface area (Å²) in [5, 5.41) is 2.96. The van der Waals surface area contributed by atoms with E-state index in [4.69, 9.17) is 28.4 Å². The molecule has 0 spiro atoms. The zero-order valence-corrected chi connectivity index (χ0v) is 22.6. The summed E-state index contributed by atoms with van der Waals surface area (Å²) >= 11 is 0. The van der Waals surface area contributed by atoms with Crippen molar-refractivity contribution in [2.45, 2.75) is 58.1 Å². The highest BCUT2D eigenvalue weighted by Crippen LogP contribution is 2.24. The van der Waals surface area contributed by atoms with Crippen LogP contribution in [0.1, 0.15) is 46.5 Å². The van der Waals surface area contributed by atoms with Gasteiger partial charge in [0.25, 0.3) is 10.1 Å². The van der Waals surface area contributed by atoms with Gasteiger partial charge in [-0.05, 0) is 52.4 Å². The predicted octanol–water partition coefficient (Wildman–Crippen LogP) is 2.13. The van der Waals surface area contributed by atoms with E-state index in [1.54, 1.807) is 0 Å². The zero-order chi connectivity index (χ0) is 26.0. The first kappa shape index (κ1) is 32.0. The molecule has 0 aromatic rings. The lowest BCUT2D eigenvalue weighted by Crippen LogP contribution is -2.41. The molecule has 35 heavy (non-hydrogen) atoms. The first-order chi connectivity index (χ1) is 16.6. The van der Waals surface area contributed by atoms with Crippen molar-refractivity contribution in [1.82, 2.24) is 5.32 Å². The second-order valence-corrected chi connectivity index (χ2v) is 11.1. The van der Waals surface area contributed by atoms with Gasteiger partial charge in [0.05, 0.1) is 72.3 Å². The lowest BCUT2D eigenvalue weighted by atomic mass is 9.86. The molecule has 1 rings (SSSR count). The Kier molecular flexibility index (Phi) is 16.7. The van der Waals surface area contributed by atoms with Crippen molar-refractivity contribution in [3.8, 4) is 0 Å². The molecule has 0 heterocycles.